The topological polar surface area (TPSA) is 29.5 Å². The molecule has 0 N–H and O–H groups in total. The van der Waals surface area contributed by atoms with E-state index in [0.29, 0.717) is 0 Å². The summed E-state index contributed by atoms with van der Waals surface area (Å²) in [6.45, 7) is 5.77. The highest BCUT2D eigenvalue weighted by Crippen LogP contribution is 2.25. The lowest BCUT2D eigenvalue weighted by Gasteiger charge is -2.20. The van der Waals surface area contributed by atoms with Crippen LogP contribution in [0.15, 0.2) is 59.5 Å². The van der Waals surface area contributed by atoms with Gasteiger partial charge >= 0.3 is 0 Å². The fourth-order valence-corrected chi connectivity index (χ4v) is 4.13. The van der Waals surface area contributed by atoms with Gasteiger partial charge in [0.2, 0.25) is 0 Å². The summed E-state index contributed by atoms with van der Waals surface area (Å²) in [6.07, 6.45) is 4.25. The molecule has 0 spiro atoms. The first kappa shape index (κ1) is 22.8. The van der Waals surface area contributed by atoms with Crippen molar-refractivity contribution >= 4 is 10.8 Å². The Bertz CT molecular complexity index is 698. The molecule has 0 aliphatic heterocycles. The molecule has 28 heavy (non-hydrogen) atoms. The van der Waals surface area contributed by atoms with Crippen LogP contribution in [0, 0.1) is 0 Å². The molecule has 0 aliphatic rings. The average Bonchev–Trinajstić information content (AvgIpc) is 2.70. The fourth-order valence-electron chi connectivity index (χ4n) is 3.18. The minimum Gasteiger partial charge on any atom is -0.373 e. The first-order valence-electron chi connectivity index (χ1n) is 10.3. The van der Waals surface area contributed by atoms with Crippen molar-refractivity contribution < 1.29 is 8.95 Å². The van der Waals surface area contributed by atoms with Crippen molar-refractivity contribution in [3.05, 3.63) is 65.7 Å². The van der Waals surface area contributed by atoms with Crippen LogP contribution in [-0.4, -0.2) is 41.6 Å². The normalized spacial score (nSPS) is 13.8. The van der Waals surface area contributed by atoms with E-state index < -0.39 is 10.8 Å². The van der Waals surface area contributed by atoms with Crippen molar-refractivity contribution in [1.82, 2.24) is 4.90 Å². The summed E-state index contributed by atoms with van der Waals surface area (Å²) < 4.78 is 18.6. The lowest BCUT2D eigenvalue weighted by atomic mass is 10.0. The highest BCUT2D eigenvalue weighted by molar-refractivity contribution is 7.85. The summed E-state index contributed by atoms with van der Waals surface area (Å²) in [4.78, 5) is 3.08. The van der Waals surface area contributed by atoms with Gasteiger partial charge in [-0.2, -0.15) is 0 Å². The first-order valence-corrected chi connectivity index (χ1v) is 11.5. The quantitative estimate of drug-likeness (QED) is 0.456. The molecule has 0 radical (unpaired) electrons. The molecule has 2 atom stereocenters. The molecule has 0 saturated heterocycles. The van der Waals surface area contributed by atoms with Gasteiger partial charge in [-0.1, -0.05) is 56.3 Å². The lowest BCUT2D eigenvalue weighted by Crippen LogP contribution is -2.16. The molecule has 0 heterocycles. The van der Waals surface area contributed by atoms with E-state index in [-0.39, 0.29) is 11.4 Å². The van der Waals surface area contributed by atoms with E-state index in [1.807, 2.05) is 26.0 Å². The van der Waals surface area contributed by atoms with E-state index in [9.17, 15) is 4.21 Å². The Morgan fingerprint density at radius 3 is 2.25 bits per heavy atom. The Hall–Kier alpha value is -1.49. The molecule has 0 saturated carbocycles. The second-order valence-electron chi connectivity index (χ2n) is 7.81. The van der Waals surface area contributed by atoms with Crippen LogP contribution < -0.4 is 0 Å². The van der Waals surface area contributed by atoms with Crippen LogP contribution in [0.4, 0.5) is 0 Å². The molecular formula is C24H35NO2S. The van der Waals surface area contributed by atoms with Crippen LogP contribution in [0.1, 0.15) is 50.3 Å². The summed E-state index contributed by atoms with van der Waals surface area (Å²) >= 11 is 0. The van der Waals surface area contributed by atoms with Crippen LogP contribution in [0.3, 0.4) is 0 Å². The summed E-state index contributed by atoms with van der Waals surface area (Å²) in [5.41, 5.74) is 2.55. The maximum Gasteiger partial charge on any atom is 0.0825 e. The Balaban J connectivity index is 1.98. The van der Waals surface area contributed by atoms with Crippen LogP contribution in [-0.2, 0) is 22.0 Å². The third-order valence-corrected chi connectivity index (χ3v) is 6.35. The van der Waals surface area contributed by atoms with Crippen LogP contribution in [0.2, 0.25) is 0 Å². The Morgan fingerprint density at radius 1 is 0.964 bits per heavy atom. The van der Waals surface area contributed by atoms with Gasteiger partial charge in [0.1, 0.15) is 0 Å². The van der Waals surface area contributed by atoms with E-state index in [0.717, 1.165) is 43.7 Å². The van der Waals surface area contributed by atoms with Gasteiger partial charge in [-0.15, -0.1) is 0 Å². The number of aryl methyl sites for hydroxylation is 1. The van der Waals surface area contributed by atoms with Crippen molar-refractivity contribution in [3.63, 3.8) is 0 Å². The van der Waals surface area contributed by atoms with Gasteiger partial charge in [-0.3, -0.25) is 4.21 Å². The van der Waals surface area contributed by atoms with Crippen molar-refractivity contribution in [2.75, 3.05) is 27.2 Å². The van der Waals surface area contributed by atoms with E-state index in [2.05, 4.69) is 61.5 Å². The largest absolute Gasteiger partial charge is 0.373 e. The first-order chi connectivity index (χ1) is 13.5. The highest BCUT2D eigenvalue weighted by Gasteiger charge is 2.14. The Labute approximate surface area is 173 Å². The maximum atomic E-state index is 12.3. The summed E-state index contributed by atoms with van der Waals surface area (Å²) in [5, 5.41) is 0.134. The molecule has 0 bridgehead atoms. The van der Waals surface area contributed by atoms with Crippen molar-refractivity contribution in [3.8, 4) is 0 Å². The van der Waals surface area contributed by atoms with Gasteiger partial charge in [0.05, 0.1) is 16.9 Å². The number of benzene rings is 2. The van der Waals surface area contributed by atoms with Gasteiger partial charge in [0, 0.05) is 16.8 Å². The van der Waals surface area contributed by atoms with Gasteiger partial charge in [-0.25, -0.2) is 0 Å². The van der Waals surface area contributed by atoms with Gasteiger partial charge < -0.3 is 9.64 Å². The predicted octanol–water partition coefficient (Wildman–Crippen LogP) is 5.23. The standard InChI is InChI=1S/C24H35NO2S/c1-20(2)28(26)23-16-14-22(15-17-23)24(27-19-9-18-25(3)4)13-8-12-21-10-6-5-7-11-21/h5-7,10-11,14-17,20,24H,8-9,12-13,18-19H2,1-4H3. The second-order valence-corrected chi connectivity index (χ2v) is 9.82. The number of nitrogens with zero attached hydrogens (tertiary/aromatic N) is 1. The smallest absolute Gasteiger partial charge is 0.0825 e. The minimum atomic E-state index is -0.945. The van der Waals surface area contributed by atoms with Crippen LogP contribution in [0.25, 0.3) is 0 Å². The Kier molecular flexibility index (Phi) is 9.89. The van der Waals surface area contributed by atoms with Crippen LogP contribution in [0.5, 0.6) is 0 Å². The zero-order chi connectivity index (χ0) is 20.4. The van der Waals surface area contributed by atoms with Gasteiger partial charge in [-0.05, 0) is 69.6 Å². The molecule has 0 aromatic heterocycles. The average molecular weight is 402 g/mol. The van der Waals surface area contributed by atoms with Gasteiger partial charge in [0.25, 0.3) is 0 Å². The van der Waals surface area contributed by atoms with E-state index in [4.69, 9.17) is 4.74 Å². The van der Waals surface area contributed by atoms with E-state index in [1.165, 1.54) is 11.1 Å². The SMILES string of the molecule is CC(C)S(=O)c1ccc(C(CCCc2ccccc2)OCCCN(C)C)cc1. The molecule has 2 aromatic rings. The van der Waals surface area contributed by atoms with E-state index in [1.54, 1.807) is 0 Å². The molecule has 2 aromatic carbocycles. The monoisotopic (exact) mass is 401 g/mol. The third kappa shape index (κ3) is 7.86. The summed E-state index contributed by atoms with van der Waals surface area (Å²) in [5.74, 6) is 0. The Morgan fingerprint density at radius 2 is 1.64 bits per heavy atom. The van der Waals surface area contributed by atoms with Crippen LogP contribution >= 0.6 is 0 Å². The lowest BCUT2D eigenvalue weighted by molar-refractivity contribution is 0.0410. The number of ether oxygens (including phenoxy) is 1. The molecular weight excluding hydrogens is 366 g/mol. The number of rotatable bonds is 12. The summed E-state index contributed by atoms with van der Waals surface area (Å²) in [7, 11) is 3.23. The molecule has 154 valence electrons. The molecule has 0 aliphatic carbocycles. The second kappa shape index (κ2) is 12.2. The number of hydrogen-bond donors (Lipinski definition) is 0. The molecule has 3 nitrogen and oxygen atoms in total. The van der Waals surface area contributed by atoms with E-state index >= 15 is 0 Å². The highest BCUT2D eigenvalue weighted by atomic mass is 32.2. The maximum absolute atomic E-state index is 12.3. The fraction of sp³-hybridized carbons (Fsp3) is 0.500. The van der Waals surface area contributed by atoms with Crippen molar-refractivity contribution in [2.24, 2.45) is 0 Å². The zero-order valence-corrected chi connectivity index (χ0v) is 18.6. The van der Waals surface area contributed by atoms with Crippen molar-refractivity contribution in [1.29, 1.82) is 0 Å². The van der Waals surface area contributed by atoms with Crippen molar-refractivity contribution in [2.45, 2.75) is 55.8 Å². The molecule has 2 rings (SSSR count). The predicted molar refractivity (Wildman–Crippen MR) is 119 cm³/mol. The molecule has 2 unspecified atom stereocenters. The molecule has 0 amide bonds. The molecule has 4 heteroatoms. The molecule has 0 fully saturated rings. The zero-order valence-electron chi connectivity index (χ0n) is 17.8. The van der Waals surface area contributed by atoms with Gasteiger partial charge in [0.15, 0.2) is 0 Å². The third-order valence-electron chi connectivity index (χ3n) is 4.76. The minimum absolute atomic E-state index is 0.0902. The summed E-state index contributed by atoms with van der Waals surface area (Å²) in [6, 6.07) is 18.8. The number of hydrogen-bond acceptors (Lipinski definition) is 3.